The Kier molecular flexibility index (Phi) is 5.00. The predicted octanol–water partition coefficient (Wildman–Crippen LogP) is 0.802. The van der Waals surface area contributed by atoms with E-state index in [1.807, 2.05) is 6.07 Å². The minimum Gasteiger partial charge on any atom is -0.352 e. The Morgan fingerprint density at radius 1 is 1.33 bits per heavy atom. The fourth-order valence-corrected chi connectivity index (χ4v) is 3.78. The maximum absolute atomic E-state index is 12.3. The number of nitrogens with two attached hydrogens (primary N) is 1. The Balaban J connectivity index is 2.00. The van der Waals surface area contributed by atoms with Crippen LogP contribution >= 0.6 is 0 Å². The van der Waals surface area contributed by atoms with Crippen LogP contribution in [0, 0.1) is 0 Å². The summed E-state index contributed by atoms with van der Waals surface area (Å²) in [5, 5.41) is 2.67. The molecule has 0 aromatic heterocycles. The number of carbonyl (C=O) groups excluding carboxylic acids is 1. The van der Waals surface area contributed by atoms with Crippen LogP contribution in [0.15, 0.2) is 23.1 Å². The SMILES string of the molecule is C[C@@H](CN)NC(=O)CCS(=O)(=O)c1ccc2c(c1)CCC2. The van der Waals surface area contributed by atoms with Crippen molar-refractivity contribution in [3.63, 3.8) is 0 Å². The number of hydrogen-bond acceptors (Lipinski definition) is 4. The summed E-state index contributed by atoms with van der Waals surface area (Å²) < 4.78 is 24.6. The maximum atomic E-state index is 12.3. The molecule has 0 radical (unpaired) electrons. The zero-order chi connectivity index (χ0) is 15.5. The smallest absolute Gasteiger partial charge is 0.221 e. The second-order valence-electron chi connectivity index (χ2n) is 5.56. The third kappa shape index (κ3) is 4.04. The van der Waals surface area contributed by atoms with E-state index in [1.54, 1.807) is 19.1 Å². The maximum Gasteiger partial charge on any atom is 0.221 e. The highest BCUT2D eigenvalue weighted by Crippen LogP contribution is 2.25. The van der Waals surface area contributed by atoms with Crippen LogP contribution in [0.4, 0.5) is 0 Å². The van der Waals surface area contributed by atoms with E-state index >= 15 is 0 Å². The first-order valence-corrected chi connectivity index (χ1v) is 8.91. The van der Waals surface area contributed by atoms with E-state index in [-0.39, 0.29) is 24.1 Å². The summed E-state index contributed by atoms with van der Waals surface area (Å²) in [5.74, 6) is -0.452. The van der Waals surface area contributed by atoms with Crippen LogP contribution in [-0.2, 0) is 27.5 Å². The molecule has 1 atom stereocenters. The Morgan fingerprint density at radius 3 is 2.76 bits per heavy atom. The summed E-state index contributed by atoms with van der Waals surface area (Å²) >= 11 is 0. The standard InChI is InChI=1S/C15H22N2O3S/c1-11(10-16)17-15(18)7-8-21(19,20)14-6-5-12-3-2-4-13(12)9-14/h5-6,9,11H,2-4,7-8,10,16H2,1H3,(H,17,18)/t11-/m0/s1. The summed E-state index contributed by atoms with van der Waals surface area (Å²) in [7, 11) is -3.41. The number of carbonyl (C=O) groups is 1. The van der Waals surface area contributed by atoms with Crippen molar-refractivity contribution in [2.24, 2.45) is 5.73 Å². The van der Waals surface area contributed by atoms with E-state index in [2.05, 4.69) is 5.32 Å². The molecule has 1 aliphatic carbocycles. The monoisotopic (exact) mass is 310 g/mol. The lowest BCUT2D eigenvalue weighted by Crippen LogP contribution is -2.38. The number of fused-ring (bicyclic) bond motifs is 1. The van der Waals surface area contributed by atoms with Gasteiger partial charge < -0.3 is 11.1 Å². The van der Waals surface area contributed by atoms with E-state index in [9.17, 15) is 13.2 Å². The normalized spacial score (nSPS) is 15.5. The van der Waals surface area contributed by atoms with E-state index in [4.69, 9.17) is 5.73 Å². The van der Waals surface area contributed by atoms with Crippen molar-refractivity contribution in [1.29, 1.82) is 0 Å². The van der Waals surface area contributed by atoms with Crippen molar-refractivity contribution in [3.8, 4) is 0 Å². The van der Waals surface area contributed by atoms with Gasteiger partial charge in [-0.05, 0) is 49.4 Å². The highest BCUT2D eigenvalue weighted by Gasteiger charge is 2.20. The van der Waals surface area contributed by atoms with Gasteiger partial charge in [-0.25, -0.2) is 8.42 Å². The molecule has 0 unspecified atom stereocenters. The van der Waals surface area contributed by atoms with Crippen LogP contribution in [0.25, 0.3) is 0 Å². The lowest BCUT2D eigenvalue weighted by atomic mass is 10.1. The first-order chi connectivity index (χ1) is 9.92. The Morgan fingerprint density at radius 2 is 2.05 bits per heavy atom. The third-order valence-electron chi connectivity index (χ3n) is 3.79. The molecule has 3 N–H and O–H groups in total. The molecule has 1 amide bonds. The highest BCUT2D eigenvalue weighted by molar-refractivity contribution is 7.91. The lowest BCUT2D eigenvalue weighted by Gasteiger charge is -2.11. The molecule has 0 bridgehead atoms. The summed E-state index contributed by atoms with van der Waals surface area (Å²) in [6.07, 6.45) is 3.00. The molecular formula is C15H22N2O3S. The van der Waals surface area contributed by atoms with Crippen molar-refractivity contribution < 1.29 is 13.2 Å². The molecule has 21 heavy (non-hydrogen) atoms. The number of aryl methyl sites for hydroxylation is 2. The summed E-state index contributed by atoms with van der Waals surface area (Å²) in [6, 6.07) is 5.17. The van der Waals surface area contributed by atoms with Crippen LogP contribution in [0.5, 0.6) is 0 Å². The van der Waals surface area contributed by atoms with Gasteiger partial charge in [0, 0.05) is 19.0 Å². The van der Waals surface area contributed by atoms with Gasteiger partial charge in [0.1, 0.15) is 0 Å². The molecule has 0 heterocycles. The molecule has 116 valence electrons. The zero-order valence-corrected chi connectivity index (χ0v) is 13.1. The van der Waals surface area contributed by atoms with Crippen LogP contribution in [0.2, 0.25) is 0 Å². The third-order valence-corrected chi connectivity index (χ3v) is 5.50. The Hall–Kier alpha value is -1.40. The van der Waals surface area contributed by atoms with Crippen molar-refractivity contribution in [2.45, 2.75) is 43.5 Å². The molecule has 1 aromatic carbocycles. The van der Waals surface area contributed by atoms with E-state index < -0.39 is 9.84 Å². The van der Waals surface area contributed by atoms with Crippen LogP contribution in [0.3, 0.4) is 0 Å². The van der Waals surface area contributed by atoms with Crippen molar-refractivity contribution in [3.05, 3.63) is 29.3 Å². The largest absolute Gasteiger partial charge is 0.352 e. The second-order valence-corrected chi connectivity index (χ2v) is 7.67. The summed E-state index contributed by atoms with van der Waals surface area (Å²) in [4.78, 5) is 12.0. The molecule has 5 nitrogen and oxygen atoms in total. The van der Waals surface area contributed by atoms with Gasteiger partial charge in [-0.15, -0.1) is 0 Å². The number of sulfone groups is 1. The van der Waals surface area contributed by atoms with Gasteiger partial charge in [-0.1, -0.05) is 6.07 Å². The number of rotatable bonds is 6. The summed E-state index contributed by atoms with van der Waals surface area (Å²) in [6.45, 7) is 2.12. The Bertz CT molecular complexity index is 626. The molecule has 2 rings (SSSR count). The van der Waals surface area contributed by atoms with Gasteiger partial charge in [-0.3, -0.25) is 4.79 Å². The minimum atomic E-state index is -3.41. The molecule has 0 fully saturated rings. The average Bonchev–Trinajstić information content (AvgIpc) is 2.92. The van der Waals surface area contributed by atoms with Crippen LogP contribution in [0.1, 0.15) is 30.9 Å². The number of amides is 1. The van der Waals surface area contributed by atoms with Crippen molar-refractivity contribution in [1.82, 2.24) is 5.32 Å². The van der Waals surface area contributed by atoms with Crippen molar-refractivity contribution >= 4 is 15.7 Å². The average molecular weight is 310 g/mol. The zero-order valence-electron chi connectivity index (χ0n) is 12.3. The van der Waals surface area contributed by atoms with Crippen LogP contribution < -0.4 is 11.1 Å². The molecule has 6 heteroatoms. The van der Waals surface area contributed by atoms with E-state index in [0.717, 1.165) is 24.8 Å². The van der Waals surface area contributed by atoms with Crippen LogP contribution in [-0.4, -0.2) is 32.7 Å². The quantitative estimate of drug-likeness (QED) is 0.813. The van der Waals surface area contributed by atoms with Gasteiger partial charge in [0.2, 0.25) is 5.91 Å². The number of hydrogen-bond donors (Lipinski definition) is 2. The molecule has 0 spiro atoms. The molecule has 0 saturated carbocycles. The number of benzene rings is 1. The topological polar surface area (TPSA) is 89.3 Å². The predicted molar refractivity (Wildman–Crippen MR) is 81.8 cm³/mol. The molecule has 1 aromatic rings. The van der Waals surface area contributed by atoms with E-state index in [1.165, 1.54) is 5.56 Å². The first kappa shape index (κ1) is 16.0. The van der Waals surface area contributed by atoms with Gasteiger partial charge >= 0.3 is 0 Å². The fourth-order valence-electron chi connectivity index (χ4n) is 2.49. The highest BCUT2D eigenvalue weighted by atomic mass is 32.2. The van der Waals surface area contributed by atoms with Gasteiger partial charge in [0.25, 0.3) is 0 Å². The van der Waals surface area contributed by atoms with Gasteiger partial charge in [0.05, 0.1) is 10.6 Å². The first-order valence-electron chi connectivity index (χ1n) is 7.26. The Labute approximate surface area is 125 Å². The molecular weight excluding hydrogens is 288 g/mol. The molecule has 1 aliphatic rings. The second kappa shape index (κ2) is 6.58. The van der Waals surface area contributed by atoms with Gasteiger partial charge in [-0.2, -0.15) is 0 Å². The van der Waals surface area contributed by atoms with Gasteiger partial charge in [0.15, 0.2) is 9.84 Å². The minimum absolute atomic E-state index is 0.0379. The lowest BCUT2D eigenvalue weighted by molar-refractivity contribution is -0.121. The number of nitrogens with one attached hydrogen (secondary N) is 1. The molecule has 0 aliphatic heterocycles. The molecule has 0 saturated heterocycles. The summed E-state index contributed by atoms with van der Waals surface area (Å²) in [5.41, 5.74) is 7.77. The fraction of sp³-hybridized carbons (Fsp3) is 0.533. The van der Waals surface area contributed by atoms with Crippen molar-refractivity contribution in [2.75, 3.05) is 12.3 Å². The van der Waals surface area contributed by atoms with E-state index in [0.29, 0.717) is 11.4 Å².